The van der Waals surface area contributed by atoms with Gasteiger partial charge in [0.1, 0.15) is 5.75 Å². The van der Waals surface area contributed by atoms with Crippen molar-refractivity contribution in [2.24, 2.45) is 10.4 Å². The number of guanidine groups is 1. The first-order valence-corrected chi connectivity index (χ1v) is 9.28. The molecule has 0 bridgehead atoms. The van der Waals surface area contributed by atoms with Crippen LogP contribution in [0.15, 0.2) is 23.2 Å². The largest absolute Gasteiger partial charge is 0.496 e. The predicted octanol–water partition coefficient (Wildman–Crippen LogP) is 2.26. The minimum Gasteiger partial charge on any atom is -0.496 e. The van der Waals surface area contributed by atoms with Crippen LogP contribution in [0.5, 0.6) is 5.75 Å². The molecule has 0 fully saturated rings. The van der Waals surface area contributed by atoms with Crippen LogP contribution in [0.2, 0.25) is 0 Å². The topological polar surface area (TPSA) is 74.8 Å². The molecule has 0 aliphatic carbocycles. The zero-order valence-corrected chi connectivity index (χ0v) is 17.0. The van der Waals surface area contributed by atoms with E-state index >= 15 is 0 Å². The van der Waals surface area contributed by atoms with E-state index in [0.29, 0.717) is 13.1 Å². The van der Waals surface area contributed by atoms with Gasteiger partial charge in [-0.1, -0.05) is 17.7 Å². The van der Waals surface area contributed by atoms with Crippen molar-refractivity contribution >= 4 is 11.9 Å². The van der Waals surface area contributed by atoms with E-state index in [0.717, 1.165) is 31.2 Å². The fraction of sp³-hybridized carbons (Fsp3) is 0.600. The summed E-state index contributed by atoms with van der Waals surface area (Å²) in [5.74, 6) is 1.64. The lowest BCUT2D eigenvalue weighted by molar-refractivity contribution is -0.128. The molecule has 0 aliphatic heterocycles. The molecule has 0 spiro atoms. The molecule has 1 aromatic carbocycles. The highest BCUT2D eigenvalue weighted by molar-refractivity contribution is 5.83. The van der Waals surface area contributed by atoms with E-state index in [-0.39, 0.29) is 5.91 Å². The molecule has 1 aromatic rings. The predicted molar refractivity (Wildman–Crippen MR) is 108 cm³/mol. The zero-order chi connectivity index (χ0) is 19.6. The van der Waals surface area contributed by atoms with Gasteiger partial charge in [0.2, 0.25) is 5.91 Å². The molecule has 0 saturated carbocycles. The summed E-state index contributed by atoms with van der Waals surface area (Å²) in [6.07, 6.45) is 0.828. The number of carbonyl (C=O) groups is 1. The van der Waals surface area contributed by atoms with E-state index in [1.807, 2.05) is 39.8 Å². The molecule has 1 amide bonds. The zero-order valence-electron chi connectivity index (χ0n) is 17.0. The average molecular weight is 363 g/mol. The van der Waals surface area contributed by atoms with Gasteiger partial charge in [-0.3, -0.25) is 9.79 Å². The lowest BCUT2D eigenvalue weighted by atomic mass is 9.92. The minimum absolute atomic E-state index is 0.0177. The second kappa shape index (κ2) is 10.7. The number of aliphatic imine (C=N–C) groups is 1. The third-order valence-corrected chi connectivity index (χ3v) is 4.05. The van der Waals surface area contributed by atoms with Gasteiger partial charge < -0.3 is 20.7 Å². The van der Waals surface area contributed by atoms with Crippen molar-refractivity contribution < 1.29 is 9.53 Å². The molecule has 0 atom stereocenters. The van der Waals surface area contributed by atoms with Gasteiger partial charge in [-0.05, 0) is 52.7 Å². The molecular formula is C20H34N4O2. The van der Waals surface area contributed by atoms with Crippen LogP contribution in [-0.2, 0) is 11.2 Å². The Morgan fingerprint density at radius 2 is 1.85 bits per heavy atom. The normalized spacial score (nSPS) is 11.8. The van der Waals surface area contributed by atoms with Crippen LogP contribution in [0.25, 0.3) is 0 Å². The second-order valence-electron chi connectivity index (χ2n) is 6.93. The number of rotatable bonds is 9. The van der Waals surface area contributed by atoms with Crippen LogP contribution in [-0.4, -0.2) is 45.2 Å². The van der Waals surface area contributed by atoms with Crippen LogP contribution in [0, 0.1) is 12.3 Å². The van der Waals surface area contributed by atoms with E-state index in [1.165, 1.54) is 11.1 Å². The van der Waals surface area contributed by atoms with Gasteiger partial charge in [0.05, 0.1) is 19.1 Å². The van der Waals surface area contributed by atoms with Crippen molar-refractivity contribution in [1.82, 2.24) is 16.0 Å². The summed E-state index contributed by atoms with van der Waals surface area (Å²) in [6, 6.07) is 6.19. The van der Waals surface area contributed by atoms with Crippen molar-refractivity contribution in [3.05, 3.63) is 29.3 Å². The van der Waals surface area contributed by atoms with Gasteiger partial charge >= 0.3 is 0 Å². The maximum atomic E-state index is 12.1. The summed E-state index contributed by atoms with van der Waals surface area (Å²) in [5, 5.41) is 9.42. The molecule has 26 heavy (non-hydrogen) atoms. The Balaban J connectivity index is 2.68. The number of hydrogen-bond acceptors (Lipinski definition) is 3. The Morgan fingerprint density at radius 3 is 2.46 bits per heavy atom. The molecule has 0 radical (unpaired) electrons. The molecule has 146 valence electrons. The monoisotopic (exact) mass is 362 g/mol. The van der Waals surface area contributed by atoms with Crippen LogP contribution < -0.4 is 20.7 Å². The van der Waals surface area contributed by atoms with Crippen LogP contribution >= 0.6 is 0 Å². The SMILES string of the molecule is CCNC(=O)C(C)(C)CN=C(NCC)NCCc1cc(C)ccc1OC. The summed E-state index contributed by atoms with van der Waals surface area (Å²) in [7, 11) is 1.69. The Bertz CT molecular complexity index is 612. The molecule has 0 aromatic heterocycles. The maximum Gasteiger partial charge on any atom is 0.227 e. The van der Waals surface area contributed by atoms with E-state index in [9.17, 15) is 4.79 Å². The number of methoxy groups -OCH3 is 1. The average Bonchev–Trinajstić information content (AvgIpc) is 2.60. The molecule has 1 rings (SSSR count). The minimum atomic E-state index is -0.544. The molecule has 0 unspecified atom stereocenters. The highest BCUT2D eigenvalue weighted by atomic mass is 16.5. The van der Waals surface area contributed by atoms with E-state index in [1.54, 1.807) is 7.11 Å². The molecule has 6 nitrogen and oxygen atoms in total. The van der Waals surface area contributed by atoms with Crippen molar-refractivity contribution in [1.29, 1.82) is 0 Å². The molecule has 3 N–H and O–H groups in total. The maximum absolute atomic E-state index is 12.1. The first-order valence-electron chi connectivity index (χ1n) is 9.28. The number of nitrogens with zero attached hydrogens (tertiary/aromatic N) is 1. The van der Waals surface area contributed by atoms with Crippen LogP contribution in [0.1, 0.15) is 38.8 Å². The van der Waals surface area contributed by atoms with Gasteiger partial charge in [-0.25, -0.2) is 0 Å². The molecular weight excluding hydrogens is 328 g/mol. The summed E-state index contributed by atoms with van der Waals surface area (Å²) in [6.45, 7) is 12.4. The smallest absolute Gasteiger partial charge is 0.227 e. The molecule has 0 aliphatic rings. The van der Waals surface area contributed by atoms with E-state index < -0.39 is 5.41 Å². The number of hydrogen-bond donors (Lipinski definition) is 3. The van der Waals surface area contributed by atoms with Crippen LogP contribution in [0.3, 0.4) is 0 Å². The Hall–Kier alpha value is -2.24. The summed E-state index contributed by atoms with van der Waals surface area (Å²) < 4.78 is 5.43. The number of amides is 1. The van der Waals surface area contributed by atoms with Crippen LogP contribution in [0.4, 0.5) is 0 Å². The quantitative estimate of drug-likeness (QED) is 0.465. The van der Waals surface area contributed by atoms with Gasteiger partial charge in [-0.2, -0.15) is 0 Å². The summed E-state index contributed by atoms with van der Waals surface area (Å²) in [5.41, 5.74) is 1.83. The Labute approximate surface area is 157 Å². The number of benzene rings is 1. The van der Waals surface area contributed by atoms with E-state index in [2.05, 4.69) is 33.9 Å². The fourth-order valence-corrected chi connectivity index (χ4v) is 2.51. The standard InChI is InChI=1S/C20H34N4O2/c1-7-21-18(25)20(4,5)14-24-19(22-8-2)23-12-11-16-13-15(3)9-10-17(16)26-6/h9-10,13H,7-8,11-12,14H2,1-6H3,(H,21,25)(H2,22,23,24). The number of aryl methyl sites for hydroxylation is 1. The Kier molecular flexibility index (Phi) is 8.96. The lowest BCUT2D eigenvalue weighted by Gasteiger charge is -2.22. The first-order chi connectivity index (χ1) is 12.3. The summed E-state index contributed by atoms with van der Waals surface area (Å²) in [4.78, 5) is 16.7. The third kappa shape index (κ3) is 6.94. The number of ether oxygens (including phenoxy) is 1. The second-order valence-corrected chi connectivity index (χ2v) is 6.93. The first kappa shape index (κ1) is 21.8. The van der Waals surface area contributed by atoms with Gasteiger partial charge in [-0.15, -0.1) is 0 Å². The highest BCUT2D eigenvalue weighted by Crippen LogP contribution is 2.19. The van der Waals surface area contributed by atoms with E-state index in [4.69, 9.17) is 4.74 Å². The van der Waals surface area contributed by atoms with Gasteiger partial charge in [0.25, 0.3) is 0 Å². The number of nitrogens with one attached hydrogen (secondary N) is 3. The van der Waals surface area contributed by atoms with Gasteiger partial charge in [0, 0.05) is 19.6 Å². The van der Waals surface area contributed by atoms with Crippen molar-refractivity contribution in [3.63, 3.8) is 0 Å². The highest BCUT2D eigenvalue weighted by Gasteiger charge is 2.26. The fourth-order valence-electron chi connectivity index (χ4n) is 2.51. The number of carbonyl (C=O) groups excluding carboxylic acids is 1. The van der Waals surface area contributed by atoms with Crippen molar-refractivity contribution in [2.45, 2.75) is 41.0 Å². The third-order valence-electron chi connectivity index (χ3n) is 4.05. The summed E-state index contributed by atoms with van der Waals surface area (Å²) >= 11 is 0. The lowest BCUT2D eigenvalue weighted by Crippen LogP contribution is -2.42. The van der Waals surface area contributed by atoms with Crippen molar-refractivity contribution in [3.8, 4) is 5.75 Å². The molecule has 0 saturated heterocycles. The molecule has 6 heteroatoms. The Morgan fingerprint density at radius 1 is 1.15 bits per heavy atom. The molecule has 0 heterocycles. The van der Waals surface area contributed by atoms with Gasteiger partial charge in [0.15, 0.2) is 5.96 Å². The van der Waals surface area contributed by atoms with Crippen molar-refractivity contribution in [2.75, 3.05) is 33.3 Å².